The largest absolute Gasteiger partial charge is 1.00 e. The average Bonchev–Trinajstić information content (AvgIpc) is 3.56. The second-order valence-electron chi connectivity index (χ2n) is 10.6. The monoisotopic (exact) mass is 774 g/mol. The third-order valence-electron chi connectivity index (χ3n) is 8.11. The minimum Gasteiger partial charge on any atom is -1.00 e. The number of benzene rings is 6. The van der Waals surface area contributed by atoms with Crippen molar-refractivity contribution < 1.29 is 48.7 Å². The van der Waals surface area contributed by atoms with Crippen LogP contribution in [0.3, 0.4) is 0 Å². The number of rotatable bonds is 2. The fourth-order valence-corrected chi connectivity index (χ4v) is 6.34. The van der Waals surface area contributed by atoms with Gasteiger partial charge in [0, 0.05) is 0 Å². The van der Waals surface area contributed by atoms with Gasteiger partial charge >= 0.3 is 28.2 Å². The van der Waals surface area contributed by atoms with Crippen LogP contribution in [0.25, 0.3) is 65.3 Å². The zero-order chi connectivity index (χ0) is 29.1. The maximum absolute atomic E-state index is 3.39. The second-order valence-corrected chi connectivity index (χ2v) is 10.6. The molecule has 0 heterocycles. The first-order valence-electron chi connectivity index (χ1n) is 14.3. The van der Waals surface area contributed by atoms with Gasteiger partial charge in [0.2, 0.25) is 0 Å². The van der Waals surface area contributed by atoms with E-state index in [1.807, 2.05) is 0 Å². The zero-order valence-corrected chi connectivity index (χ0v) is 29.9. The molecule has 0 nitrogen and oxygen atoms in total. The van der Waals surface area contributed by atoms with Crippen LogP contribution in [0, 0.1) is 13.8 Å². The molecule has 0 aliphatic carbocycles. The van der Waals surface area contributed by atoms with Crippen molar-refractivity contribution in [1.82, 2.24) is 0 Å². The Hall–Kier alpha value is -3.62. The maximum Gasteiger partial charge on any atom is -1.00 e. The normalized spacial score (nSPS) is 10.4. The number of fused-ring (bicyclic) bond motifs is 4. The van der Waals surface area contributed by atoms with Crippen molar-refractivity contribution in [3.05, 3.63) is 157 Å². The summed E-state index contributed by atoms with van der Waals surface area (Å²) in [7, 11) is 0. The van der Waals surface area contributed by atoms with Crippen LogP contribution in [0.2, 0.25) is 0 Å². The molecule has 8 rings (SSSR count). The predicted molar refractivity (Wildman–Crippen MR) is 182 cm³/mol. The van der Waals surface area contributed by atoms with Crippen molar-refractivity contribution in [1.29, 1.82) is 0 Å². The van der Waals surface area contributed by atoms with E-state index >= 15 is 0 Å². The minimum absolute atomic E-state index is 0. The van der Waals surface area contributed by atoms with Gasteiger partial charge in [-0.1, -0.05) is 122 Å². The fraction of sp³-hybridized carbons (Fsp3) is 0.0488. The van der Waals surface area contributed by atoms with Crippen LogP contribution in [0.5, 0.6) is 0 Å². The summed E-state index contributed by atoms with van der Waals surface area (Å²) < 4.78 is 3.39. The van der Waals surface area contributed by atoms with Crippen LogP contribution in [-0.4, -0.2) is 4.26 Å². The molecule has 216 valence electrons. The molecule has 0 amide bonds. The molecule has 8 aromatic carbocycles. The van der Waals surface area contributed by atoms with E-state index in [4.69, 9.17) is 0 Å². The van der Waals surface area contributed by atoms with Gasteiger partial charge in [-0.15, -0.1) is 92.3 Å². The second kappa shape index (κ2) is 14.9. The van der Waals surface area contributed by atoms with E-state index < -0.39 is 0 Å². The van der Waals surface area contributed by atoms with Gasteiger partial charge in [0.25, 0.3) is 0 Å². The fourth-order valence-electron chi connectivity index (χ4n) is 6.34. The van der Waals surface area contributed by atoms with Crippen LogP contribution in [-0.2, 0) is 23.9 Å². The van der Waals surface area contributed by atoms with Crippen molar-refractivity contribution in [2.45, 2.75) is 13.8 Å². The molecule has 0 saturated carbocycles. The molecule has 0 radical (unpaired) electrons. The van der Waals surface area contributed by atoms with E-state index in [0.717, 1.165) is 23.9 Å². The summed E-state index contributed by atoms with van der Waals surface area (Å²) in [5, 5.41) is 10.6. The topological polar surface area (TPSA) is 0 Å². The molecule has 0 bridgehead atoms. The Kier molecular flexibility index (Phi) is 11.3. The third-order valence-corrected chi connectivity index (χ3v) is 8.11. The van der Waals surface area contributed by atoms with Gasteiger partial charge in [0.1, 0.15) is 0 Å². The summed E-state index contributed by atoms with van der Waals surface area (Å²) in [6.45, 7) is 4.41. The quantitative estimate of drug-likeness (QED) is 0.165. The standard InChI is InChI=1S/2C20H15.CH2.2ClH.Hf/c2*1-14-13-16-8-3-5-11-18(16)20(14)19-12-6-9-15-7-2-4-10-17(15)19;;;;/h2*2-13H,1H3;1H2;2*1H;/q2*-1;;;;+2/p-2. The van der Waals surface area contributed by atoms with Crippen molar-refractivity contribution in [3.63, 3.8) is 0 Å². The van der Waals surface area contributed by atoms with E-state index in [2.05, 4.69) is 164 Å². The molecule has 44 heavy (non-hydrogen) atoms. The number of hydrogen-bond donors (Lipinski definition) is 0. The molecule has 0 fully saturated rings. The van der Waals surface area contributed by atoms with Crippen LogP contribution >= 0.6 is 0 Å². The Labute approximate surface area is 287 Å². The van der Waals surface area contributed by atoms with Gasteiger partial charge in [0.05, 0.1) is 0 Å². The summed E-state index contributed by atoms with van der Waals surface area (Å²) in [5.74, 6) is 0. The molecule has 3 heteroatoms. The van der Waals surface area contributed by atoms with E-state index in [1.165, 1.54) is 76.5 Å². The molecule has 0 spiro atoms. The zero-order valence-electron chi connectivity index (χ0n) is 24.8. The molecule has 0 N–H and O–H groups in total. The predicted octanol–water partition coefficient (Wildman–Crippen LogP) is 5.35. The Morgan fingerprint density at radius 1 is 0.409 bits per heavy atom. The Morgan fingerprint density at radius 2 is 0.727 bits per heavy atom. The molecule has 0 aliphatic rings. The van der Waals surface area contributed by atoms with Gasteiger partial charge < -0.3 is 24.8 Å². The average molecular weight is 774 g/mol. The van der Waals surface area contributed by atoms with Crippen LogP contribution in [0.15, 0.2) is 146 Å². The molecule has 0 unspecified atom stereocenters. The number of hydrogen-bond acceptors (Lipinski definition) is 0. The summed E-state index contributed by atoms with van der Waals surface area (Å²) in [4.78, 5) is 0. The smallest absolute Gasteiger partial charge is 1.00 e. The first-order chi connectivity index (χ1) is 20.7. The Bertz CT molecular complexity index is 2000. The molecule has 0 aromatic heterocycles. The van der Waals surface area contributed by atoms with Crippen molar-refractivity contribution in [2.24, 2.45) is 0 Å². The molecular formula is C41H32Cl2Hf-2. The molecule has 0 saturated heterocycles. The van der Waals surface area contributed by atoms with Gasteiger partial charge in [-0.2, -0.15) is 0 Å². The molecule has 0 aliphatic heterocycles. The van der Waals surface area contributed by atoms with E-state index in [-0.39, 0.29) is 24.8 Å². The Balaban J connectivity index is 0.000000182. The number of halogens is 2. The van der Waals surface area contributed by atoms with Crippen molar-refractivity contribution >= 4 is 47.4 Å². The summed E-state index contributed by atoms with van der Waals surface area (Å²) in [6.07, 6.45) is 0. The van der Waals surface area contributed by atoms with E-state index in [0.29, 0.717) is 0 Å². The van der Waals surface area contributed by atoms with Crippen molar-refractivity contribution in [2.75, 3.05) is 0 Å². The first kappa shape index (κ1) is 33.3. The molecule has 8 aromatic rings. The van der Waals surface area contributed by atoms with Crippen LogP contribution in [0.4, 0.5) is 0 Å². The summed E-state index contributed by atoms with van der Waals surface area (Å²) in [5.41, 5.74) is 8.11. The minimum atomic E-state index is 0. The Morgan fingerprint density at radius 3 is 1.14 bits per heavy atom. The van der Waals surface area contributed by atoms with E-state index in [1.54, 1.807) is 0 Å². The van der Waals surface area contributed by atoms with Gasteiger partial charge in [0.15, 0.2) is 0 Å². The van der Waals surface area contributed by atoms with Gasteiger partial charge in [-0.25, -0.2) is 0 Å². The third kappa shape index (κ3) is 6.28. The maximum atomic E-state index is 3.39. The van der Waals surface area contributed by atoms with Gasteiger partial charge in [-0.3, -0.25) is 0 Å². The first-order valence-corrected chi connectivity index (χ1v) is 16.8. The van der Waals surface area contributed by atoms with Crippen LogP contribution in [0.1, 0.15) is 11.1 Å². The molecular weight excluding hydrogens is 742 g/mol. The van der Waals surface area contributed by atoms with Crippen molar-refractivity contribution in [3.8, 4) is 22.3 Å². The van der Waals surface area contributed by atoms with Crippen LogP contribution < -0.4 is 24.8 Å². The van der Waals surface area contributed by atoms with E-state index in [9.17, 15) is 0 Å². The summed E-state index contributed by atoms with van der Waals surface area (Å²) >= 11 is 1.06. The SMILES string of the molecule is Cc1[cH-]c2ccccc2c1-c1cccc2ccccc12.Cc1[cH-]c2ccccc2c1-c1cccc2ccccc12.[CH2]=[Hf+2].[Cl-].[Cl-]. The molecule has 0 atom stereocenters. The van der Waals surface area contributed by atoms with Gasteiger partial charge in [-0.05, 0) is 21.5 Å². The number of aryl methyl sites for hydroxylation is 2. The summed E-state index contributed by atoms with van der Waals surface area (Å²) in [6, 6.07) is 52.2.